The van der Waals surface area contributed by atoms with Crippen molar-refractivity contribution in [2.75, 3.05) is 56.6 Å². The normalized spacial score (nSPS) is 16.2. The maximum absolute atomic E-state index is 14.4. The first-order chi connectivity index (χ1) is 26.8. The molecule has 16 nitrogen and oxygen atoms in total. The van der Waals surface area contributed by atoms with Gasteiger partial charge in [-0.1, -0.05) is 24.6 Å². The number of nitrogens with zero attached hydrogens (tertiary/aromatic N) is 9. The molecule has 2 aliphatic heterocycles. The largest absolute Gasteiger partial charge is 0.492 e. The molecule has 1 saturated heterocycles. The van der Waals surface area contributed by atoms with E-state index in [1.165, 1.54) is 13.4 Å². The van der Waals surface area contributed by atoms with Gasteiger partial charge >= 0.3 is 12.3 Å². The quantitative estimate of drug-likeness (QED) is 0.257. The van der Waals surface area contributed by atoms with Crippen LogP contribution in [-0.2, 0) is 28.7 Å². The number of halogens is 4. The molecule has 0 spiro atoms. The van der Waals surface area contributed by atoms with Crippen molar-refractivity contribution in [3.05, 3.63) is 74.4 Å². The predicted octanol–water partition coefficient (Wildman–Crippen LogP) is 4.22. The minimum absolute atomic E-state index is 0.0319. The summed E-state index contributed by atoms with van der Waals surface area (Å²) >= 11 is 6.15. The van der Waals surface area contributed by atoms with E-state index in [1.807, 2.05) is 11.8 Å². The highest BCUT2D eigenvalue weighted by atomic mass is 35.5. The molecule has 0 unspecified atom stereocenters. The Morgan fingerprint density at radius 1 is 1.05 bits per heavy atom. The highest BCUT2D eigenvalue weighted by Gasteiger charge is 2.34. The van der Waals surface area contributed by atoms with Gasteiger partial charge in [0, 0.05) is 39.3 Å². The van der Waals surface area contributed by atoms with Crippen molar-refractivity contribution in [3.63, 3.8) is 0 Å². The number of aryl methyl sites for hydroxylation is 1. The Hall–Kier alpha value is -5.72. The highest BCUT2D eigenvalue weighted by molar-refractivity contribution is 6.33. The third kappa shape index (κ3) is 7.71. The number of nitrogens with one attached hydrogen (secondary N) is 1. The fourth-order valence-corrected chi connectivity index (χ4v) is 7.00. The highest BCUT2D eigenvalue weighted by Crippen LogP contribution is 2.34. The number of hydrogen-bond acceptors (Lipinski definition) is 11. The molecule has 20 heteroatoms. The number of alkyl halides is 3. The van der Waals surface area contributed by atoms with Gasteiger partial charge < -0.3 is 34.1 Å². The molecule has 1 aromatic carbocycles. The van der Waals surface area contributed by atoms with Crippen molar-refractivity contribution >= 4 is 52.2 Å². The van der Waals surface area contributed by atoms with Gasteiger partial charge in [0.2, 0.25) is 11.7 Å². The van der Waals surface area contributed by atoms with Crippen LogP contribution >= 0.6 is 11.6 Å². The lowest BCUT2D eigenvalue weighted by molar-refractivity contribution is -0.137. The molecule has 1 N–H and O–H groups in total. The van der Waals surface area contributed by atoms with Crippen LogP contribution in [0.2, 0.25) is 5.02 Å². The molecule has 0 bridgehead atoms. The Labute approximate surface area is 322 Å². The molecule has 4 aromatic rings. The number of methoxy groups -OCH3 is 1. The maximum Gasteiger partial charge on any atom is 0.416 e. The lowest BCUT2D eigenvalue weighted by atomic mass is 10.1. The number of ether oxygens (including phenoxy) is 2. The first-order valence-corrected chi connectivity index (χ1v) is 18.4. The molecule has 5 heterocycles. The summed E-state index contributed by atoms with van der Waals surface area (Å²) in [4.78, 5) is 72.1. The number of carbonyl (C=O) groups excluding carboxylic acids is 3. The summed E-state index contributed by atoms with van der Waals surface area (Å²) in [7, 11) is 1.44. The summed E-state index contributed by atoms with van der Waals surface area (Å²) in [6.45, 7) is 4.69. The van der Waals surface area contributed by atoms with Gasteiger partial charge in [-0.2, -0.15) is 22.7 Å². The molecule has 0 radical (unpaired) electrons. The number of hydrogen-bond donors (Lipinski definition) is 1. The Morgan fingerprint density at radius 3 is 2.43 bits per heavy atom. The standard InChI is InChI=1S/C36H38ClF3N10O6/c1-4-26-29(46-13-15-47(16-14-46)32(52)28-30(55-3)20(2)41-19-42-28)33(53)50-34(44-31(45-50)21-9-11-48(12-10-21)35(54)56-23-6-7-23)49(26)18-27(51)43-25-8-5-22(17-24(25)37)36(38,39)40/h5,8-9,17,19,23H,4,6-7,10-16,18H2,1-3H3,(H,43,51). The lowest BCUT2D eigenvalue weighted by Gasteiger charge is -2.36. The zero-order valence-electron chi connectivity index (χ0n) is 30.7. The molecule has 2 fully saturated rings. The molecule has 56 heavy (non-hydrogen) atoms. The number of benzene rings is 1. The van der Waals surface area contributed by atoms with E-state index in [2.05, 4.69) is 20.4 Å². The molecular weight excluding hydrogens is 761 g/mol. The average molecular weight is 799 g/mol. The van der Waals surface area contributed by atoms with Crippen molar-refractivity contribution in [1.82, 2.24) is 38.9 Å². The Bertz CT molecular complexity index is 2300. The van der Waals surface area contributed by atoms with E-state index in [-0.39, 0.29) is 90.6 Å². The minimum Gasteiger partial charge on any atom is -0.492 e. The van der Waals surface area contributed by atoms with Crippen LogP contribution in [0.3, 0.4) is 0 Å². The van der Waals surface area contributed by atoms with Gasteiger partial charge in [-0.05, 0) is 56.4 Å². The monoisotopic (exact) mass is 798 g/mol. The van der Waals surface area contributed by atoms with E-state index < -0.39 is 35.8 Å². The fraction of sp³-hybridized carbons (Fsp3) is 0.444. The Balaban J connectivity index is 1.21. The van der Waals surface area contributed by atoms with Gasteiger partial charge in [0.25, 0.3) is 11.5 Å². The van der Waals surface area contributed by atoms with Crippen molar-refractivity contribution in [1.29, 1.82) is 0 Å². The second-order valence-corrected chi connectivity index (χ2v) is 14.0. The van der Waals surface area contributed by atoms with Crippen LogP contribution in [0.25, 0.3) is 11.4 Å². The molecule has 3 aromatic heterocycles. The second-order valence-electron chi connectivity index (χ2n) is 13.6. The van der Waals surface area contributed by atoms with Gasteiger partial charge in [-0.25, -0.2) is 14.8 Å². The number of piperazine rings is 1. The first-order valence-electron chi connectivity index (χ1n) is 18.0. The van der Waals surface area contributed by atoms with Crippen LogP contribution in [0.15, 0.2) is 35.4 Å². The average Bonchev–Trinajstić information content (AvgIpc) is 3.88. The predicted molar refractivity (Wildman–Crippen MR) is 197 cm³/mol. The van der Waals surface area contributed by atoms with Crippen molar-refractivity contribution < 1.29 is 37.0 Å². The van der Waals surface area contributed by atoms with E-state index in [4.69, 9.17) is 26.1 Å². The van der Waals surface area contributed by atoms with Gasteiger partial charge in [0.1, 0.15) is 24.7 Å². The summed E-state index contributed by atoms with van der Waals surface area (Å²) in [5, 5.41) is 6.87. The molecule has 3 amide bonds. The van der Waals surface area contributed by atoms with E-state index in [1.54, 1.807) is 27.4 Å². The van der Waals surface area contributed by atoms with Crippen LogP contribution in [0.5, 0.6) is 5.75 Å². The Kier molecular flexibility index (Phi) is 10.6. The van der Waals surface area contributed by atoms with Crippen LogP contribution < -0.4 is 20.5 Å². The topological polar surface area (TPSA) is 169 Å². The SMILES string of the molecule is CCc1c(N2CCN(C(=O)c3ncnc(C)c3OC)CC2)c(=O)n2nc(C3=CCN(C(=O)OC4CC4)CC3)nc2n1CC(=O)Nc1ccc(C(F)(F)F)cc1Cl. The first kappa shape index (κ1) is 38.6. The molecular formula is C36H38ClF3N10O6. The third-order valence-corrected chi connectivity index (χ3v) is 10.2. The second kappa shape index (κ2) is 15.4. The van der Waals surface area contributed by atoms with Gasteiger partial charge in [-0.3, -0.25) is 14.4 Å². The number of rotatable bonds is 9. The van der Waals surface area contributed by atoms with E-state index in [9.17, 15) is 32.3 Å². The van der Waals surface area contributed by atoms with Crippen molar-refractivity contribution in [2.24, 2.45) is 0 Å². The minimum atomic E-state index is -4.63. The number of anilines is 2. The smallest absolute Gasteiger partial charge is 0.416 e. The zero-order chi connectivity index (χ0) is 39.9. The molecule has 3 aliphatic rings. The zero-order valence-corrected chi connectivity index (χ0v) is 31.5. The van der Waals surface area contributed by atoms with E-state index in [0.29, 0.717) is 29.9 Å². The number of carbonyl (C=O) groups is 3. The van der Waals surface area contributed by atoms with Crippen molar-refractivity contribution in [3.8, 4) is 5.75 Å². The summed E-state index contributed by atoms with van der Waals surface area (Å²) < 4.78 is 53.3. The number of aromatic nitrogens is 6. The van der Waals surface area contributed by atoms with Gasteiger partial charge in [0.15, 0.2) is 17.3 Å². The van der Waals surface area contributed by atoms with Gasteiger partial charge in [0.05, 0.1) is 34.8 Å². The van der Waals surface area contributed by atoms with E-state index in [0.717, 1.165) is 35.6 Å². The van der Waals surface area contributed by atoms with Crippen LogP contribution in [0.4, 0.5) is 29.3 Å². The summed E-state index contributed by atoms with van der Waals surface area (Å²) in [5.74, 6) is -0.418. The van der Waals surface area contributed by atoms with Crippen LogP contribution in [0, 0.1) is 6.92 Å². The Morgan fingerprint density at radius 2 is 1.80 bits per heavy atom. The summed E-state index contributed by atoms with van der Waals surface area (Å²) in [5.41, 5.74) is 0.553. The summed E-state index contributed by atoms with van der Waals surface area (Å²) in [6.07, 6.45) is 0.400. The molecule has 1 aliphatic carbocycles. The number of fused-ring (bicyclic) bond motifs is 1. The molecule has 7 rings (SSSR count). The third-order valence-electron chi connectivity index (χ3n) is 9.85. The number of amides is 3. The molecule has 296 valence electrons. The molecule has 1 saturated carbocycles. The van der Waals surface area contributed by atoms with Crippen LogP contribution in [-0.4, -0.2) is 109 Å². The fourth-order valence-electron chi connectivity index (χ4n) is 6.77. The van der Waals surface area contributed by atoms with Gasteiger partial charge in [-0.15, -0.1) is 5.10 Å². The lowest BCUT2D eigenvalue weighted by Crippen LogP contribution is -2.51. The van der Waals surface area contributed by atoms with Crippen molar-refractivity contribution in [2.45, 2.75) is 58.4 Å². The molecule has 0 atom stereocenters. The summed E-state index contributed by atoms with van der Waals surface area (Å²) in [6, 6.07) is 2.62. The van der Waals surface area contributed by atoms with Crippen LogP contribution in [0.1, 0.15) is 59.5 Å². The maximum atomic E-state index is 14.4. The van der Waals surface area contributed by atoms with E-state index >= 15 is 0 Å².